The monoisotopic (exact) mass is 465 g/mol. The minimum Gasteiger partial charge on any atom is -0.478 e. The highest BCUT2D eigenvalue weighted by molar-refractivity contribution is 7.99. The quantitative estimate of drug-likeness (QED) is 0.332. The molecule has 4 rings (SSSR count). The van der Waals surface area contributed by atoms with E-state index in [0.717, 1.165) is 21.6 Å². The van der Waals surface area contributed by atoms with Gasteiger partial charge in [0.05, 0.1) is 24.4 Å². The molecular formula is C26H27NO5S. The predicted molar refractivity (Wildman–Crippen MR) is 128 cm³/mol. The number of aliphatic hydroxyl groups excluding tert-OH is 1. The van der Waals surface area contributed by atoms with Gasteiger partial charge in [-0.2, -0.15) is 0 Å². The summed E-state index contributed by atoms with van der Waals surface area (Å²) in [6.07, 6.45) is -0.873. The molecule has 172 valence electrons. The third-order valence-corrected chi connectivity index (χ3v) is 6.92. The summed E-state index contributed by atoms with van der Waals surface area (Å²) in [7, 11) is 0. The first kappa shape index (κ1) is 23.3. The summed E-state index contributed by atoms with van der Waals surface area (Å²) in [4.78, 5) is 12.1. The van der Waals surface area contributed by atoms with Gasteiger partial charge in [-0.05, 0) is 47.5 Å². The third kappa shape index (κ3) is 5.57. The van der Waals surface area contributed by atoms with Crippen LogP contribution >= 0.6 is 11.8 Å². The molecule has 1 fully saturated rings. The molecule has 1 aliphatic rings. The van der Waals surface area contributed by atoms with Gasteiger partial charge in [-0.1, -0.05) is 43.3 Å². The summed E-state index contributed by atoms with van der Waals surface area (Å²) in [6, 6.07) is 22.2. The number of nitrogens with two attached hydrogens (primary N) is 1. The lowest BCUT2D eigenvalue weighted by molar-refractivity contribution is -0.268. The zero-order chi connectivity index (χ0) is 23.4. The number of aromatic carboxylic acids is 1. The molecule has 3 aromatic carbocycles. The number of nitrogen functional groups attached to an aromatic ring is 1. The molecule has 0 bridgehead atoms. The fourth-order valence-corrected chi connectivity index (χ4v) is 4.95. The van der Waals surface area contributed by atoms with Crippen molar-refractivity contribution in [2.45, 2.75) is 36.9 Å². The smallest absolute Gasteiger partial charge is 0.335 e. The average molecular weight is 466 g/mol. The molecule has 0 aromatic heterocycles. The van der Waals surface area contributed by atoms with Crippen LogP contribution in [0.2, 0.25) is 0 Å². The van der Waals surface area contributed by atoms with E-state index in [1.165, 1.54) is 0 Å². The first-order valence-corrected chi connectivity index (χ1v) is 11.8. The number of hydrogen-bond acceptors (Lipinski definition) is 6. The van der Waals surface area contributed by atoms with Gasteiger partial charge in [-0.25, -0.2) is 4.79 Å². The Balaban J connectivity index is 1.56. The number of carboxylic acids is 1. The van der Waals surface area contributed by atoms with Crippen LogP contribution in [0.3, 0.4) is 0 Å². The summed E-state index contributed by atoms with van der Waals surface area (Å²) < 4.78 is 12.8. The second-order valence-corrected chi connectivity index (χ2v) is 9.23. The van der Waals surface area contributed by atoms with Gasteiger partial charge >= 0.3 is 5.97 Å². The molecular weight excluding hydrogens is 438 g/mol. The molecule has 0 aliphatic carbocycles. The maximum absolute atomic E-state index is 11.1. The van der Waals surface area contributed by atoms with Gasteiger partial charge in [-0.3, -0.25) is 0 Å². The minimum absolute atomic E-state index is 0.00365. The maximum atomic E-state index is 11.1. The van der Waals surface area contributed by atoms with Crippen LogP contribution in [0.1, 0.15) is 46.4 Å². The molecule has 4 atom stereocenters. The minimum atomic E-state index is -0.937. The summed E-state index contributed by atoms with van der Waals surface area (Å²) in [6.45, 7) is 2.11. The topological polar surface area (TPSA) is 102 Å². The highest BCUT2D eigenvalue weighted by atomic mass is 32.2. The van der Waals surface area contributed by atoms with Gasteiger partial charge < -0.3 is 25.4 Å². The number of benzene rings is 3. The Morgan fingerprint density at radius 2 is 1.73 bits per heavy atom. The Morgan fingerprint density at radius 3 is 2.36 bits per heavy atom. The maximum Gasteiger partial charge on any atom is 0.335 e. The first-order chi connectivity index (χ1) is 15.9. The first-order valence-electron chi connectivity index (χ1n) is 10.8. The van der Waals surface area contributed by atoms with E-state index in [4.69, 9.17) is 20.3 Å². The lowest BCUT2D eigenvalue weighted by Crippen LogP contribution is -2.38. The van der Waals surface area contributed by atoms with E-state index in [9.17, 15) is 9.90 Å². The zero-order valence-electron chi connectivity index (χ0n) is 18.3. The lowest BCUT2D eigenvalue weighted by Gasteiger charge is -2.41. The lowest BCUT2D eigenvalue weighted by atomic mass is 9.91. The fraction of sp³-hybridized carbons (Fsp3) is 0.269. The molecule has 0 unspecified atom stereocenters. The van der Waals surface area contributed by atoms with Crippen LogP contribution in [0.15, 0.2) is 77.7 Å². The highest BCUT2D eigenvalue weighted by Crippen LogP contribution is 2.43. The van der Waals surface area contributed by atoms with Crippen molar-refractivity contribution < 1.29 is 24.5 Å². The number of aliphatic hydroxyl groups is 1. The molecule has 33 heavy (non-hydrogen) atoms. The van der Waals surface area contributed by atoms with E-state index in [-0.39, 0.29) is 30.3 Å². The van der Waals surface area contributed by atoms with Crippen LogP contribution in [0.4, 0.5) is 5.69 Å². The highest BCUT2D eigenvalue weighted by Gasteiger charge is 2.38. The third-order valence-electron chi connectivity index (χ3n) is 5.82. The molecule has 7 heteroatoms. The molecule has 1 saturated heterocycles. The van der Waals surface area contributed by atoms with Crippen molar-refractivity contribution in [2.24, 2.45) is 5.92 Å². The number of thioether (sulfide) groups is 1. The van der Waals surface area contributed by atoms with Gasteiger partial charge in [0.1, 0.15) is 0 Å². The fourth-order valence-electron chi connectivity index (χ4n) is 3.89. The van der Waals surface area contributed by atoms with Gasteiger partial charge in [0, 0.05) is 27.8 Å². The Labute approximate surface area is 197 Å². The normalized spacial score (nSPS) is 22.7. The molecule has 0 saturated carbocycles. The van der Waals surface area contributed by atoms with Crippen LogP contribution in [-0.2, 0) is 16.1 Å². The van der Waals surface area contributed by atoms with Crippen molar-refractivity contribution in [3.63, 3.8) is 0 Å². The number of ether oxygens (including phenoxy) is 2. The second-order valence-electron chi connectivity index (χ2n) is 8.13. The van der Waals surface area contributed by atoms with Crippen LogP contribution in [-0.4, -0.2) is 28.0 Å². The van der Waals surface area contributed by atoms with E-state index in [0.29, 0.717) is 11.4 Å². The molecule has 1 heterocycles. The summed E-state index contributed by atoms with van der Waals surface area (Å²) >= 11 is 1.62. The van der Waals surface area contributed by atoms with E-state index in [2.05, 4.69) is 6.92 Å². The molecule has 0 spiro atoms. The summed E-state index contributed by atoms with van der Waals surface area (Å²) in [5, 5.41) is 18.5. The number of carboxylic acid groups (broad SMARTS) is 1. The van der Waals surface area contributed by atoms with Crippen molar-refractivity contribution >= 4 is 23.4 Å². The van der Waals surface area contributed by atoms with E-state index in [1.807, 2.05) is 60.7 Å². The van der Waals surface area contributed by atoms with E-state index >= 15 is 0 Å². The van der Waals surface area contributed by atoms with Crippen LogP contribution < -0.4 is 5.73 Å². The Morgan fingerprint density at radius 1 is 1.00 bits per heavy atom. The average Bonchev–Trinajstić information content (AvgIpc) is 2.83. The molecule has 3 aromatic rings. The number of carbonyl (C=O) groups is 1. The van der Waals surface area contributed by atoms with Crippen LogP contribution in [0.25, 0.3) is 0 Å². The van der Waals surface area contributed by atoms with Crippen LogP contribution in [0.5, 0.6) is 0 Å². The Hall–Kier alpha value is -2.84. The SMILES string of the molecule is C[C@H]1[C@@H](CSc2ccc(C(=O)O)cc2)O[C@@H](c2cccc(N)c2)O[C@H]1c1ccc(CO)cc1. The van der Waals surface area contributed by atoms with Crippen molar-refractivity contribution in [1.82, 2.24) is 0 Å². The molecule has 0 amide bonds. The van der Waals surface area contributed by atoms with Gasteiger partial charge in [0.2, 0.25) is 0 Å². The molecule has 4 N–H and O–H groups in total. The number of anilines is 1. The van der Waals surface area contributed by atoms with Crippen molar-refractivity contribution in [2.75, 3.05) is 11.5 Å². The standard InChI is InChI=1S/C26H27NO5S/c1-16-23(15-33-22-11-9-19(10-12-22)25(29)30)31-26(20-3-2-4-21(27)13-20)32-24(16)18-7-5-17(14-28)6-8-18/h2-13,16,23-24,26,28H,14-15,27H2,1H3,(H,29,30)/t16-,23+,24+,26+/m0/s1. The Bertz CT molecular complexity index is 1090. The number of hydrogen-bond donors (Lipinski definition) is 3. The second kappa shape index (κ2) is 10.4. The van der Waals surface area contributed by atoms with Gasteiger partial charge in [-0.15, -0.1) is 11.8 Å². The molecule has 1 aliphatic heterocycles. The van der Waals surface area contributed by atoms with Crippen molar-refractivity contribution in [3.8, 4) is 0 Å². The zero-order valence-corrected chi connectivity index (χ0v) is 19.1. The predicted octanol–water partition coefficient (Wildman–Crippen LogP) is 5.04. The van der Waals surface area contributed by atoms with Crippen molar-refractivity contribution in [3.05, 3.63) is 95.1 Å². The van der Waals surface area contributed by atoms with E-state index < -0.39 is 12.3 Å². The summed E-state index contributed by atoms with van der Waals surface area (Å²) in [5.41, 5.74) is 9.64. The van der Waals surface area contributed by atoms with Crippen molar-refractivity contribution in [1.29, 1.82) is 0 Å². The number of rotatable bonds is 7. The molecule has 0 radical (unpaired) electrons. The molecule has 6 nitrogen and oxygen atoms in total. The van der Waals surface area contributed by atoms with Gasteiger partial charge in [0.15, 0.2) is 6.29 Å². The Kier molecular flexibility index (Phi) is 7.35. The largest absolute Gasteiger partial charge is 0.478 e. The van der Waals surface area contributed by atoms with E-state index in [1.54, 1.807) is 23.9 Å². The van der Waals surface area contributed by atoms with Gasteiger partial charge in [0.25, 0.3) is 0 Å². The van der Waals surface area contributed by atoms with Crippen LogP contribution in [0, 0.1) is 5.92 Å². The summed E-state index contributed by atoms with van der Waals surface area (Å²) in [5.74, 6) is -0.192.